The fourth-order valence-corrected chi connectivity index (χ4v) is 4.11. The zero-order valence-electron chi connectivity index (χ0n) is 15.1. The van der Waals surface area contributed by atoms with Crippen molar-refractivity contribution in [3.05, 3.63) is 0 Å². The molecule has 0 spiro atoms. The maximum absolute atomic E-state index is 10.5. The Balaban J connectivity index is 2.09. The minimum Gasteiger partial charge on any atom is -0.481 e. The van der Waals surface area contributed by atoms with Crippen LogP contribution in [0.15, 0.2) is 0 Å². The van der Waals surface area contributed by atoms with Gasteiger partial charge in [-0.05, 0) is 37.5 Å². The van der Waals surface area contributed by atoms with Gasteiger partial charge in [0, 0.05) is 6.42 Å². The molecular weight excluding hydrogens is 288 g/mol. The Morgan fingerprint density at radius 1 is 0.870 bits per heavy atom. The van der Waals surface area contributed by atoms with E-state index in [2.05, 4.69) is 6.92 Å². The molecule has 1 aliphatic rings. The number of aliphatic carboxylic acids is 1. The lowest BCUT2D eigenvalue weighted by atomic mass is 9.85. The molecule has 3 nitrogen and oxygen atoms in total. The van der Waals surface area contributed by atoms with Gasteiger partial charge in [0.1, 0.15) is 0 Å². The van der Waals surface area contributed by atoms with E-state index >= 15 is 0 Å². The smallest absolute Gasteiger partial charge is 0.303 e. The average molecular weight is 327 g/mol. The molecule has 1 saturated carbocycles. The minimum absolute atomic E-state index is 0.0670. The van der Waals surface area contributed by atoms with Crippen molar-refractivity contribution in [1.29, 1.82) is 0 Å². The lowest BCUT2D eigenvalue weighted by molar-refractivity contribution is -0.137. The van der Waals surface area contributed by atoms with Crippen LogP contribution in [0, 0.1) is 11.8 Å². The monoisotopic (exact) mass is 326 g/mol. The zero-order chi connectivity index (χ0) is 16.9. The summed E-state index contributed by atoms with van der Waals surface area (Å²) in [6, 6.07) is 0. The number of aliphatic hydroxyl groups is 1. The normalized spacial score (nSPS) is 24.2. The van der Waals surface area contributed by atoms with E-state index in [1.165, 1.54) is 64.2 Å². The summed E-state index contributed by atoms with van der Waals surface area (Å²) in [7, 11) is 0. The van der Waals surface area contributed by atoms with Crippen LogP contribution in [-0.2, 0) is 4.79 Å². The summed E-state index contributed by atoms with van der Waals surface area (Å²) < 4.78 is 0. The largest absolute Gasteiger partial charge is 0.481 e. The summed E-state index contributed by atoms with van der Waals surface area (Å²) in [5.74, 6) is 0.559. The number of unbranched alkanes of at least 4 members (excludes halogenated alkanes) is 8. The molecule has 0 aliphatic heterocycles. The van der Waals surface area contributed by atoms with E-state index in [9.17, 15) is 9.90 Å². The van der Waals surface area contributed by atoms with Gasteiger partial charge in [0.2, 0.25) is 0 Å². The predicted octanol–water partition coefficient (Wildman–Crippen LogP) is 5.55. The fourth-order valence-electron chi connectivity index (χ4n) is 4.11. The van der Waals surface area contributed by atoms with Gasteiger partial charge < -0.3 is 10.2 Å². The van der Waals surface area contributed by atoms with Gasteiger partial charge in [-0.25, -0.2) is 0 Å². The summed E-state index contributed by atoms with van der Waals surface area (Å²) in [4.78, 5) is 10.5. The van der Waals surface area contributed by atoms with Crippen molar-refractivity contribution in [2.24, 2.45) is 11.8 Å². The van der Waals surface area contributed by atoms with Crippen LogP contribution in [0.25, 0.3) is 0 Å². The van der Waals surface area contributed by atoms with Gasteiger partial charge in [-0.3, -0.25) is 4.79 Å². The molecular formula is C20H38O3. The van der Waals surface area contributed by atoms with Gasteiger partial charge in [0.25, 0.3) is 0 Å². The molecule has 3 heteroatoms. The zero-order valence-corrected chi connectivity index (χ0v) is 15.1. The van der Waals surface area contributed by atoms with Gasteiger partial charge in [-0.15, -0.1) is 0 Å². The first-order valence-electron chi connectivity index (χ1n) is 10.0. The first kappa shape index (κ1) is 20.5. The molecule has 1 aliphatic carbocycles. The summed E-state index contributed by atoms with van der Waals surface area (Å²) in [6.45, 7) is 2.25. The molecule has 3 atom stereocenters. The van der Waals surface area contributed by atoms with Crippen molar-refractivity contribution in [1.82, 2.24) is 0 Å². The Morgan fingerprint density at radius 3 is 2.17 bits per heavy atom. The highest BCUT2D eigenvalue weighted by Gasteiger charge is 2.33. The molecule has 1 unspecified atom stereocenters. The summed E-state index contributed by atoms with van der Waals surface area (Å²) >= 11 is 0. The molecule has 0 radical (unpaired) electrons. The molecule has 0 saturated heterocycles. The molecule has 136 valence electrons. The lowest BCUT2D eigenvalue weighted by Gasteiger charge is -2.22. The van der Waals surface area contributed by atoms with Crippen molar-refractivity contribution in [3.8, 4) is 0 Å². The van der Waals surface area contributed by atoms with E-state index in [0.29, 0.717) is 18.3 Å². The van der Waals surface area contributed by atoms with Crippen LogP contribution in [0.3, 0.4) is 0 Å². The Morgan fingerprint density at radius 2 is 1.48 bits per heavy atom. The Bertz CT molecular complexity index is 303. The first-order valence-corrected chi connectivity index (χ1v) is 10.0. The number of aliphatic hydroxyl groups excluding tert-OH is 1. The molecule has 1 rings (SSSR count). The standard InChI is InChI=1S/C20H38O3/c1-2-3-4-5-6-10-13-18-17(15-16-19(18)21)12-9-7-8-11-14-20(22)23/h17-19,21H,2-16H2,1H3,(H,22,23)/t17-,18+,19?/m0/s1. The van der Waals surface area contributed by atoms with Crippen LogP contribution in [-0.4, -0.2) is 22.3 Å². The molecule has 1 fully saturated rings. The minimum atomic E-state index is -0.678. The summed E-state index contributed by atoms with van der Waals surface area (Å²) in [6.07, 6.45) is 17.0. The average Bonchev–Trinajstić information content (AvgIpc) is 2.86. The second kappa shape index (κ2) is 12.8. The van der Waals surface area contributed by atoms with Crippen molar-refractivity contribution < 1.29 is 15.0 Å². The van der Waals surface area contributed by atoms with Crippen LogP contribution in [0.4, 0.5) is 0 Å². The third-order valence-electron chi connectivity index (χ3n) is 5.54. The van der Waals surface area contributed by atoms with Crippen LogP contribution >= 0.6 is 0 Å². The van der Waals surface area contributed by atoms with E-state index in [0.717, 1.165) is 25.7 Å². The number of rotatable bonds is 14. The number of carboxylic acid groups (broad SMARTS) is 1. The molecule has 0 aromatic rings. The van der Waals surface area contributed by atoms with Crippen LogP contribution in [0.1, 0.15) is 103 Å². The van der Waals surface area contributed by atoms with Gasteiger partial charge in [0.05, 0.1) is 6.10 Å². The van der Waals surface area contributed by atoms with Crippen LogP contribution in [0.5, 0.6) is 0 Å². The van der Waals surface area contributed by atoms with Crippen molar-refractivity contribution in [3.63, 3.8) is 0 Å². The van der Waals surface area contributed by atoms with E-state index in [4.69, 9.17) is 5.11 Å². The van der Waals surface area contributed by atoms with Crippen molar-refractivity contribution >= 4 is 5.97 Å². The Labute approximate surface area is 142 Å². The SMILES string of the molecule is CCCCCCCC[C@H]1C(O)CC[C@@H]1CCCCCCC(=O)O. The molecule has 23 heavy (non-hydrogen) atoms. The maximum atomic E-state index is 10.5. The van der Waals surface area contributed by atoms with E-state index < -0.39 is 5.97 Å². The van der Waals surface area contributed by atoms with E-state index in [1.54, 1.807) is 0 Å². The number of carboxylic acids is 1. The van der Waals surface area contributed by atoms with Gasteiger partial charge in [-0.2, -0.15) is 0 Å². The third kappa shape index (κ3) is 9.34. The number of hydrogen-bond acceptors (Lipinski definition) is 2. The fraction of sp³-hybridized carbons (Fsp3) is 0.950. The Kier molecular flexibility index (Phi) is 11.4. The first-order chi connectivity index (χ1) is 11.1. The summed E-state index contributed by atoms with van der Waals surface area (Å²) in [5.41, 5.74) is 0. The number of carbonyl (C=O) groups is 1. The molecule has 2 N–H and O–H groups in total. The molecule has 0 heterocycles. The van der Waals surface area contributed by atoms with Gasteiger partial charge in [0.15, 0.2) is 0 Å². The quantitative estimate of drug-likeness (QED) is 0.411. The highest BCUT2D eigenvalue weighted by molar-refractivity contribution is 5.66. The Hall–Kier alpha value is -0.570. The summed E-state index contributed by atoms with van der Waals surface area (Å²) in [5, 5.41) is 18.9. The molecule has 0 aromatic heterocycles. The second-order valence-electron chi connectivity index (χ2n) is 7.47. The van der Waals surface area contributed by atoms with Gasteiger partial charge in [-0.1, -0.05) is 71.1 Å². The maximum Gasteiger partial charge on any atom is 0.303 e. The lowest BCUT2D eigenvalue weighted by Crippen LogP contribution is -2.19. The number of hydrogen-bond donors (Lipinski definition) is 2. The topological polar surface area (TPSA) is 57.5 Å². The highest BCUT2D eigenvalue weighted by Crippen LogP contribution is 2.38. The highest BCUT2D eigenvalue weighted by atomic mass is 16.4. The second-order valence-corrected chi connectivity index (χ2v) is 7.47. The third-order valence-corrected chi connectivity index (χ3v) is 5.54. The van der Waals surface area contributed by atoms with Crippen LogP contribution < -0.4 is 0 Å². The van der Waals surface area contributed by atoms with Gasteiger partial charge >= 0.3 is 5.97 Å². The van der Waals surface area contributed by atoms with Crippen molar-refractivity contribution in [2.45, 2.75) is 109 Å². The van der Waals surface area contributed by atoms with E-state index in [-0.39, 0.29) is 6.10 Å². The molecule has 0 bridgehead atoms. The molecule has 0 aromatic carbocycles. The predicted molar refractivity (Wildman–Crippen MR) is 95.6 cm³/mol. The van der Waals surface area contributed by atoms with E-state index in [1.807, 2.05) is 0 Å². The van der Waals surface area contributed by atoms with Crippen LogP contribution in [0.2, 0.25) is 0 Å². The van der Waals surface area contributed by atoms with Crippen molar-refractivity contribution in [2.75, 3.05) is 0 Å². The molecule has 0 amide bonds.